The Kier molecular flexibility index (Phi) is 8.66. The van der Waals surface area contributed by atoms with Crippen molar-refractivity contribution in [3.05, 3.63) is 199 Å². The Balaban J connectivity index is 1.05. The lowest BCUT2D eigenvalue weighted by molar-refractivity contribution is 0.854. The van der Waals surface area contributed by atoms with Gasteiger partial charge in [-0.2, -0.15) is 0 Å². The number of nitrogens with zero attached hydrogens (tertiary/aromatic N) is 3. The van der Waals surface area contributed by atoms with Gasteiger partial charge in [0.2, 0.25) is 0 Å². The normalized spacial score (nSPS) is 15.3. The van der Waals surface area contributed by atoms with Gasteiger partial charge in [-0.15, -0.1) is 11.3 Å². The topological polar surface area (TPSA) is 38.7 Å². The smallest absolute Gasteiger partial charge is 0.164 e. The summed E-state index contributed by atoms with van der Waals surface area (Å²) in [7, 11) is 0. The van der Waals surface area contributed by atoms with Gasteiger partial charge in [-0.25, -0.2) is 15.0 Å². The van der Waals surface area contributed by atoms with E-state index in [1.807, 2.05) is 11.3 Å². The molecule has 2 aromatic heterocycles. The molecule has 3 nitrogen and oxygen atoms in total. The Labute approximate surface area is 325 Å². The van der Waals surface area contributed by atoms with Crippen LogP contribution in [0.25, 0.3) is 76.3 Å². The predicted molar refractivity (Wildman–Crippen MR) is 232 cm³/mol. The molecule has 0 saturated carbocycles. The van der Waals surface area contributed by atoms with E-state index in [1.54, 1.807) is 0 Å². The molecule has 0 radical (unpaired) electrons. The molecule has 2 aliphatic rings. The summed E-state index contributed by atoms with van der Waals surface area (Å²) in [6, 6.07) is 52.2. The molecule has 1 atom stereocenters. The van der Waals surface area contributed by atoms with Crippen molar-refractivity contribution in [2.24, 2.45) is 0 Å². The predicted octanol–water partition coefficient (Wildman–Crippen LogP) is 13.8. The van der Waals surface area contributed by atoms with Gasteiger partial charge in [0.25, 0.3) is 0 Å². The zero-order valence-electron chi connectivity index (χ0n) is 30.3. The van der Waals surface area contributed by atoms with E-state index in [-0.39, 0.29) is 0 Å². The molecule has 6 aromatic carbocycles. The average Bonchev–Trinajstić information content (AvgIpc) is 3.66. The number of hydrogen-bond donors (Lipinski definition) is 0. The second kappa shape index (κ2) is 14.4. The minimum atomic E-state index is 0.385. The lowest BCUT2D eigenvalue weighted by atomic mass is 9.92. The van der Waals surface area contributed by atoms with E-state index in [0.29, 0.717) is 17.6 Å². The van der Waals surface area contributed by atoms with E-state index < -0.39 is 0 Å². The van der Waals surface area contributed by atoms with E-state index >= 15 is 0 Å². The molecule has 4 heteroatoms. The van der Waals surface area contributed by atoms with E-state index in [2.05, 4.69) is 182 Å². The second-order valence-corrected chi connectivity index (χ2v) is 15.3. The lowest BCUT2D eigenvalue weighted by Gasteiger charge is -2.16. The average molecular weight is 724 g/mol. The van der Waals surface area contributed by atoms with E-state index in [4.69, 9.17) is 15.0 Å². The molecule has 0 bridgehead atoms. The summed E-state index contributed by atoms with van der Waals surface area (Å²) < 4.78 is 2.60. The van der Waals surface area contributed by atoms with Gasteiger partial charge >= 0.3 is 0 Å². The van der Waals surface area contributed by atoms with Crippen LogP contribution in [-0.2, 0) is 0 Å². The van der Waals surface area contributed by atoms with Gasteiger partial charge in [-0.1, -0.05) is 164 Å². The number of fused-ring (bicyclic) bond motifs is 3. The fourth-order valence-electron chi connectivity index (χ4n) is 7.85. The minimum Gasteiger partial charge on any atom is -0.209 e. The Bertz CT molecular complexity index is 2820. The molecule has 0 aliphatic heterocycles. The molecular formula is C51H37N3S. The van der Waals surface area contributed by atoms with Crippen molar-refractivity contribution in [3.63, 3.8) is 0 Å². The van der Waals surface area contributed by atoms with E-state index in [0.717, 1.165) is 47.4 Å². The molecule has 0 fully saturated rings. The third kappa shape index (κ3) is 6.56. The molecule has 8 aromatic rings. The van der Waals surface area contributed by atoms with E-state index in [9.17, 15) is 0 Å². The number of aromatic nitrogens is 3. The molecule has 55 heavy (non-hydrogen) atoms. The third-order valence-corrected chi connectivity index (χ3v) is 12.0. The summed E-state index contributed by atoms with van der Waals surface area (Å²) in [4.78, 5) is 15.6. The van der Waals surface area contributed by atoms with Crippen LogP contribution in [0.1, 0.15) is 42.1 Å². The highest BCUT2D eigenvalue weighted by molar-refractivity contribution is 7.26. The summed E-state index contributed by atoms with van der Waals surface area (Å²) in [6.07, 6.45) is 16.2. The molecule has 0 saturated heterocycles. The van der Waals surface area contributed by atoms with Crippen LogP contribution < -0.4 is 0 Å². The summed E-state index contributed by atoms with van der Waals surface area (Å²) in [5, 5.41) is 2.59. The Morgan fingerprint density at radius 3 is 2.04 bits per heavy atom. The standard InChI is InChI=1S/C51H37N3S/c1-3-12-34(13-4-1)36-24-26-38(27-25-36)40-16-9-18-42(32-40)50-52-49(39-30-28-37(29-31-39)35-14-5-2-6-15-35)53-51(54-50)43-19-10-17-41(33-43)44-21-11-22-46-45-20-7-8-23-47(45)55-48(44)46/h1-8,10-14,16-17,19-33,35H,9,15,18H2. The van der Waals surface area contributed by atoms with Crippen LogP contribution in [0.4, 0.5) is 0 Å². The summed E-state index contributed by atoms with van der Waals surface area (Å²) in [5.74, 6) is 2.48. The second-order valence-electron chi connectivity index (χ2n) is 14.3. The zero-order valence-corrected chi connectivity index (χ0v) is 31.1. The van der Waals surface area contributed by atoms with Gasteiger partial charge in [0.15, 0.2) is 17.5 Å². The highest BCUT2D eigenvalue weighted by Crippen LogP contribution is 2.41. The zero-order chi connectivity index (χ0) is 36.6. The molecule has 1 unspecified atom stereocenters. The molecule has 262 valence electrons. The van der Waals surface area contributed by atoms with E-state index in [1.165, 1.54) is 53.6 Å². The van der Waals surface area contributed by atoms with Crippen LogP contribution in [-0.4, -0.2) is 15.0 Å². The monoisotopic (exact) mass is 723 g/mol. The van der Waals surface area contributed by atoms with Gasteiger partial charge in [0.1, 0.15) is 0 Å². The van der Waals surface area contributed by atoms with Crippen molar-refractivity contribution < 1.29 is 0 Å². The van der Waals surface area contributed by atoms with Crippen LogP contribution in [0.15, 0.2) is 182 Å². The maximum Gasteiger partial charge on any atom is 0.164 e. The van der Waals surface area contributed by atoms with Crippen molar-refractivity contribution in [1.29, 1.82) is 0 Å². The largest absolute Gasteiger partial charge is 0.209 e. The highest BCUT2D eigenvalue weighted by Gasteiger charge is 2.18. The van der Waals surface area contributed by atoms with Crippen LogP contribution in [0.2, 0.25) is 0 Å². The molecule has 2 aliphatic carbocycles. The van der Waals surface area contributed by atoms with Crippen molar-refractivity contribution in [3.8, 4) is 45.0 Å². The van der Waals surface area contributed by atoms with Crippen molar-refractivity contribution in [2.45, 2.75) is 25.2 Å². The number of benzene rings is 6. The first kappa shape index (κ1) is 33.1. The van der Waals surface area contributed by atoms with Crippen molar-refractivity contribution >= 4 is 42.7 Å². The van der Waals surface area contributed by atoms with Crippen molar-refractivity contribution in [2.75, 3.05) is 0 Å². The molecule has 0 N–H and O–H groups in total. The molecule has 2 heterocycles. The highest BCUT2D eigenvalue weighted by atomic mass is 32.1. The Morgan fingerprint density at radius 2 is 1.20 bits per heavy atom. The Morgan fingerprint density at radius 1 is 0.527 bits per heavy atom. The van der Waals surface area contributed by atoms with Crippen LogP contribution in [0.5, 0.6) is 0 Å². The first-order chi connectivity index (χ1) is 27.2. The molecular weight excluding hydrogens is 687 g/mol. The maximum absolute atomic E-state index is 5.23. The minimum absolute atomic E-state index is 0.385. The number of rotatable bonds is 7. The third-order valence-electron chi connectivity index (χ3n) is 10.8. The Hall–Kier alpha value is -6.49. The lowest BCUT2D eigenvalue weighted by Crippen LogP contribution is -2.05. The quantitative estimate of drug-likeness (QED) is 0.164. The van der Waals surface area contributed by atoms with Crippen molar-refractivity contribution in [1.82, 2.24) is 15.0 Å². The molecule has 10 rings (SSSR count). The van der Waals surface area contributed by atoms with Gasteiger partial charge in [-0.3, -0.25) is 0 Å². The van der Waals surface area contributed by atoms with Crippen LogP contribution >= 0.6 is 11.3 Å². The first-order valence-electron chi connectivity index (χ1n) is 19.0. The summed E-state index contributed by atoms with van der Waals surface area (Å²) in [6.45, 7) is 0. The van der Waals surface area contributed by atoms with Gasteiger partial charge in [-0.05, 0) is 82.0 Å². The summed E-state index contributed by atoms with van der Waals surface area (Å²) >= 11 is 1.85. The molecule has 0 spiro atoms. The van der Waals surface area contributed by atoms with Gasteiger partial charge in [0.05, 0.1) is 0 Å². The number of thiophene rings is 1. The number of allylic oxidation sites excluding steroid dienone is 8. The SMILES string of the molecule is C1=CCC(c2ccc(-c3nc(C4=CC(c5ccc(-c6ccccc6)cc5)=CCC4)nc(-c4cccc(-c5cccc6c5sc5ccccc56)c4)n3)cc2)C=C1. The van der Waals surface area contributed by atoms with Gasteiger partial charge in [0, 0.05) is 37.2 Å². The summed E-state index contributed by atoms with van der Waals surface area (Å²) in [5.41, 5.74) is 11.6. The maximum atomic E-state index is 5.23. The van der Waals surface area contributed by atoms with Crippen LogP contribution in [0, 0.1) is 0 Å². The van der Waals surface area contributed by atoms with Crippen LogP contribution in [0.3, 0.4) is 0 Å². The fourth-order valence-corrected chi connectivity index (χ4v) is 9.09. The number of hydrogen-bond acceptors (Lipinski definition) is 4. The first-order valence-corrected chi connectivity index (χ1v) is 19.8. The van der Waals surface area contributed by atoms with Gasteiger partial charge < -0.3 is 0 Å². The molecule has 0 amide bonds. The fraction of sp³-hybridized carbons (Fsp3) is 0.0784.